The Kier molecular flexibility index (Phi) is 12.1. The number of esters is 1. The van der Waals surface area contributed by atoms with Crippen LogP contribution in [0.15, 0.2) is 36.5 Å². The maximum absolute atomic E-state index is 12.2. The minimum absolute atomic E-state index is 0.0142. The number of carbonyl (C=O) groups is 3. The van der Waals surface area contributed by atoms with Gasteiger partial charge in [0.25, 0.3) is 0 Å². The molecular formula is C24H36O5. The van der Waals surface area contributed by atoms with Gasteiger partial charge in [-0.25, -0.2) is 4.79 Å². The van der Waals surface area contributed by atoms with Crippen LogP contribution in [0.5, 0.6) is 0 Å². The summed E-state index contributed by atoms with van der Waals surface area (Å²) >= 11 is 0. The molecule has 0 aliphatic heterocycles. The van der Waals surface area contributed by atoms with Crippen LogP contribution in [-0.2, 0) is 19.1 Å². The first kappa shape index (κ1) is 25.0. The second-order valence-corrected chi connectivity index (χ2v) is 7.61. The van der Waals surface area contributed by atoms with E-state index in [2.05, 4.69) is 24.3 Å². The fourth-order valence-corrected chi connectivity index (χ4v) is 3.56. The molecule has 162 valence electrons. The second kappa shape index (κ2) is 14.0. The van der Waals surface area contributed by atoms with Crippen molar-refractivity contribution < 1.29 is 24.2 Å². The van der Waals surface area contributed by atoms with E-state index >= 15 is 0 Å². The summed E-state index contributed by atoms with van der Waals surface area (Å²) in [6.07, 6.45) is 13.5. The molecule has 0 bridgehead atoms. The number of unbranched alkanes of at least 4 members (excludes halogenated alkanes) is 1. The fourth-order valence-electron chi connectivity index (χ4n) is 3.56. The van der Waals surface area contributed by atoms with E-state index in [1.54, 1.807) is 6.92 Å². The van der Waals surface area contributed by atoms with Crippen LogP contribution in [0.3, 0.4) is 0 Å². The normalized spacial score (nSPS) is 20.4. The van der Waals surface area contributed by atoms with Gasteiger partial charge in [-0.15, -0.1) is 0 Å². The fraction of sp³-hybridized carbons (Fsp3) is 0.625. The zero-order valence-corrected chi connectivity index (χ0v) is 17.9. The molecule has 29 heavy (non-hydrogen) atoms. The average molecular weight is 405 g/mol. The van der Waals surface area contributed by atoms with Crippen molar-refractivity contribution in [2.24, 2.45) is 11.8 Å². The van der Waals surface area contributed by atoms with E-state index in [4.69, 9.17) is 0 Å². The Morgan fingerprint density at radius 3 is 2.69 bits per heavy atom. The molecule has 0 saturated heterocycles. The number of Topliss-reactive ketones (excluding diaryl/α,β-unsaturated/α-hetero) is 2. The molecule has 1 saturated carbocycles. The minimum atomic E-state index is -0.758. The molecule has 0 radical (unpaired) electrons. The summed E-state index contributed by atoms with van der Waals surface area (Å²) < 4.78 is 4.67. The Hall–Kier alpha value is -2.01. The summed E-state index contributed by atoms with van der Waals surface area (Å²) in [5.74, 6) is -0.757. The zero-order valence-electron chi connectivity index (χ0n) is 17.9. The summed E-state index contributed by atoms with van der Waals surface area (Å²) in [7, 11) is 0. The lowest BCUT2D eigenvalue weighted by molar-refractivity contribution is -0.153. The zero-order chi connectivity index (χ0) is 21.6. The van der Waals surface area contributed by atoms with Gasteiger partial charge in [-0.05, 0) is 56.9 Å². The highest BCUT2D eigenvalue weighted by Gasteiger charge is 2.31. The van der Waals surface area contributed by atoms with Gasteiger partial charge in [0.15, 0.2) is 0 Å². The lowest BCUT2D eigenvalue weighted by atomic mass is 9.91. The van der Waals surface area contributed by atoms with E-state index in [-0.39, 0.29) is 30.6 Å². The Labute approximate surface area is 174 Å². The highest BCUT2D eigenvalue weighted by atomic mass is 16.5. The van der Waals surface area contributed by atoms with Gasteiger partial charge in [-0.3, -0.25) is 9.59 Å². The van der Waals surface area contributed by atoms with Crippen LogP contribution >= 0.6 is 0 Å². The minimum Gasteiger partial charge on any atom is -0.460 e. The molecule has 0 aromatic heterocycles. The summed E-state index contributed by atoms with van der Waals surface area (Å²) in [5.41, 5.74) is 0.862. The van der Waals surface area contributed by atoms with Crippen LogP contribution in [-0.4, -0.2) is 35.4 Å². The van der Waals surface area contributed by atoms with Crippen molar-refractivity contribution in [3.8, 4) is 0 Å². The third kappa shape index (κ3) is 9.35. The summed E-state index contributed by atoms with van der Waals surface area (Å²) in [6, 6.07) is 0. The molecule has 0 heterocycles. The monoisotopic (exact) mass is 404 g/mol. The lowest BCUT2D eigenvalue weighted by Crippen LogP contribution is -2.16. The Bertz CT molecular complexity index is 617. The maximum Gasteiger partial charge on any atom is 0.374 e. The van der Waals surface area contributed by atoms with Crippen molar-refractivity contribution in [3.63, 3.8) is 0 Å². The number of hydrogen-bond acceptors (Lipinski definition) is 5. The van der Waals surface area contributed by atoms with Crippen LogP contribution in [0.2, 0.25) is 0 Å². The molecule has 0 aromatic rings. The van der Waals surface area contributed by atoms with E-state index in [0.717, 1.165) is 24.8 Å². The molecular weight excluding hydrogens is 368 g/mol. The van der Waals surface area contributed by atoms with Gasteiger partial charge in [-0.1, -0.05) is 44.2 Å². The van der Waals surface area contributed by atoms with Gasteiger partial charge >= 0.3 is 5.97 Å². The molecule has 1 unspecified atom stereocenters. The largest absolute Gasteiger partial charge is 0.460 e. The quantitative estimate of drug-likeness (QED) is 0.200. The number of rotatable bonds is 14. The number of allylic oxidation sites excluding steroid dienone is 3. The molecule has 1 N–H and O–H groups in total. The second-order valence-electron chi connectivity index (χ2n) is 7.61. The van der Waals surface area contributed by atoms with Crippen molar-refractivity contribution in [1.29, 1.82) is 0 Å². The molecule has 0 aromatic carbocycles. The van der Waals surface area contributed by atoms with Crippen molar-refractivity contribution in [2.45, 2.75) is 77.7 Å². The van der Waals surface area contributed by atoms with Crippen molar-refractivity contribution >= 4 is 17.5 Å². The molecule has 0 spiro atoms. The van der Waals surface area contributed by atoms with Crippen LogP contribution in [0.25, 0.3) is 0 Å². The van der Waals surface area contributed by atoms with Crippen LogP contribution in [0.4, 0.5) is 0 Å². The van der Waals surface area contributed by atoms with E-state index in [1.165, 1.54) is 0 Å². The van der Waals surface area contributed by atoms with Gasteiger partial charge in [0.1, 0.15) is 5.78 Å². The Morgan fingerprint density at radius 1 is 1.24 bits per heavy atom. The van der Waals surface area contributed by atoms with Crippen molar-refractivity contribution in [1.82, 2.24) is 0 Å². The van der Waals surface area contributed by atoms with Crippen molar-refractivity contribution in [3.05, 3.63) is 36.5 Å². The lowest BCUT2D eigenvalue weighted by Gasteiger charge is -2.14. The van der Waals surface area contributed by atoms with Gasteiger partial charge < -0.3 is 9.84 Å². The van der Waals surface area contributed by atoms with E-state index in [0.29, 0.717) is 32.1 Å². The number of aliphatic hydroxyl groups is 1. The molecule has 0 amide bonds. The third-order valence-corrected chi connectivity index (χ3v) is 5.27. The van der Waals surface area contributed by atoms with Gasteiger partial charge in [0, 0.05) is 18.8 Å². The standard InChI is InChI=1S/C24H36O5/c1-4-11-18(3)21(25)15-10-12-19-16-17-22(26)20(19)13-8-6-7-9-14-23(27)24(28)29-5-2/h6,8,10,12,19-21,25H,3-5,7,9,11,13-17H2,1-2H3/t19-,20+,21?/m0/s1. The molecule has 1 fully saturated rings. The van der Waals surface area contributed by atoms with Crippen LogP contribution in [0, 0.1) is 11.8 Å². The first-order valence-corrected chi connectivity index (χ1v) is 10.8. The van der Waals surface area contributed by atoms with Crippen LogP contribution < -0.4 is 0 Å². The number of carbonyl (C=O) groups excluding carboxylic acids is 3. The highest BCUT2D eigenvalue weighted by molar-refractivity contribution is 6.33. The van der Waals surface area contributed by atoms with Gasteiger partial charge in [0.05, 0.1) is 12.7 Å². The smallest absolute Gasteiger partial charge is 0.374 e. The molecule has 1 aliphatic carbocycles. The first-order chi connectivity index (χ1) is 13.9. The van der Waals surface area contributed by atoms with E-state index in [9.17, 15) is 19.5 Å². The molecule has 5 nitrogen and oxygen atoms in total. The SMILES string of the molecule is C=C(CCC)C(O)CC=C[C@H]1CCC(=O)[C@@H]1CC=CCCCC(=O)C(=O)OCC. The highest BCUT2D eigenvalue weighted by Crippen LogP contribution is 2.33. The number of aliphatic hydroxyl groups excluding tert-OH is 1. The van der Waals surface area contributed by atoms with Gasteiger partial charge in [-0.2, -0.15) is 0 Å². The predicted octanol–water partition coefficient (Wildman–Crippen LogP) is 4.49. The predicted molar refractivity (Wildman–Crippen MR) is 114 cm³/mol. The summed E-state index contributed by atoms with van der Waals surface area (Å²) in [6.45, 7) is 7.87. The Morgan fingerprint density at radius 2 is 2.00 bits per heavy atom. The average Bonchev–Trinajstić information content (AvgIpc) is 3.04. The first-order valence-electron chi connectivity index (χ1n) is 10.8. The van der Waals surface area contributed by atoms with Crippen molar-refractivity contribution in [2.75, 3.05) is 6.61 Å². The van der Waals surface area contributed by atoms with E-state index in [1.807, 2.05) is 18.2 Å². The molecule has 5 heteroatoms. The van der Waals surface area contributed by atoms with Crippen LogP contribution in [0.1, 0.15) is 71.6 Å². The summed E-state index contributed by atoms with van der Waals surface area (Å²) in [4.78, 5) is 35.0. The topological polar surface area (TPSA) is 80.7 Å². The number of hydrogen-bond donors (Lipinski definition) is 1. The maximum atomic E-state index is 12.2. The Balaban J connectivity index is 2.37. The van der Waals surface area contributed by atoms with E-state index < -0.39 is 17.9 Å². The number of ether oxygens (including phenoxy) is 1. The molecule has 3 atom stereocenters. The van der Waals surface area contributed by atoms with Gasteiger partial charge in [0.2, 0.25) is 5.78 Å². The summed E-state index contributed by atoms with van der Waals surface area (Å²) in [5, 5.41) is 10.1. The molecule has 1 aliphatic rings. The number of ketones is 2. The third-order valence-electron chi connectivity index (χ3n) is 5.27. The molecule has 1 rings (SSSR count).